The Kier molecular flexibility index (Phi) is 7.21. The molecule has 1 amide bonds. The summed E-state index contributed by atoms with van der Waals surface area (Å²) >= 11 is 0. The average molecular weight is 383 g/mol. The molecular weight excluding hydrogens is 358 g/mol. The summed E-state index contributed by atoms with van der Waals surface area (Å²) in [5.41, 5.74) is 0.641. The van der Waals surface area contributed by atoms with Gasteiger partial charge in [0.05, 0.1) is 7.11 Å². The van der Waals surface area contributed by atoms with Gasteiger partial charge in [0, 0.05) is 12.6 Å². The van der Waals surface area contributed by atoms with Gasteiger partial charge in [-0.25, -0.2) is 4.79 Å². The van der Waals surface area contributed by atoms with Gasteiger partial charge in [-0.1, -0.05) is 24.3 Å². The van der Waals surface area contributed by atoms with Gasteiger partial charge in [-0.15, -0.1) is 0 Å². The van der Waals surface area contributed by atoms with Gasteiger partial charge in [0.1, 0.15) is 11.5 Å². The average Bonchev–Trinajstić information content (AvgIpc) is 2.68. The van der Waals surface area contributed by atoms with Gasteiger partial charge >= 0.3 is 5.97 Å². The molecule has 0 fully saturated rings. The van der Waals surface area contributed by atoms with E-state index in [4.69, 9.17) is 14.6 Å². The van der Waals surface area contributed by atoms with Gasteiger partial charge in [-0.3, -0.25) is 4.79 Å². The van der Waals surface area contributed by atoms with Crippen molar-refractivity contribution in [2.45, 2.75) is 25.9 Å². The molecular formula is C22H25NO5. The van der Waals surface area contributed by atoms with Crippen molar-refractivity contribution >= 4 is 18.0 Å². The van der Waals surface area contributed by atoms with Crippen LogP contribution < -0.4 is 14.8 Å². The number of hydrogen-bond acceptors (Lipinski definition) is 4. The van der Waals surface area contributed by atoms with Crippen molar-refractivity contribution in [3.05, 3.63) is 65.7 Å². The van der Waals surface area contributed by atoms with Crippen LogP contribution in [0.25, 0.3) is 6.08 Å². The highest BCUT2D eigenvalue weighted by molar-refractivity contribution is 5.91. The number of benzene rings is 2. The molecule has 28 heavy (non-hydrogen) atoms. The summed E-state index contributed by atoms with van der Waals surface area (Å²) in [6.07, 6.45) is 3.89. The smallest absolute Gasteiger partial charge is 0.347 e. The minimum atomic E-state index is -1.29. The SMILES string of the molecule is COc1ccc(/C=C/C(=O)NCCc2ccc(OC(C)(C)C(=O)O)cc2)cc1. The van der Waals surface area contributed by atoms with Gasteiger partial charge in [-0.05, 0) is 61.7 Å². The topological polar surface area (TPSA) is 84.9 Å². The number of nitrogens with one attached hydrogen (secondary N) is 1. The van der Waals surface area contributed by atoms with Crippen LogP contribution in [-0.4, -0.2) is 36.2 Å². The van der Waals surface area contributed by atoms with Crippen LogP contribution in [0.15, 0.2) is 54.6 Å². The molecule has 0 atom stereocenters. The molecule has 0 aromatic heterocycles. The quantitative estimate of drug-likeness (QED) is 0.649. The Morgan fingerprint density at radius 1 is 1.04 bits per heavy atom. The number of rotatable bonds is 9. The summed E-state index contributed by atoms with van der Waals surface area (Å²) in [6.45, 7) is 3.49. The number of amides is 1. The molecule has 0 heterocycles. The molecule has 0 bridgehead atoms. The summed E-state index contributed by atoms with van der Waals surface area (Å²) in [5.74, 6) is 0.0631. The first kappa shape index (κ1) is 21.0. The van der Waals surface area contributed by atoms with Gasteiger partial charge in [0.25, 0.3) is 0 Å². The lowest BCUT2D eigenvalue weighted by molar-refractivity contribution is -0.152. The Labute approximate surface area is 164 Å². The van der Waals surface area contributed by atoms with Crippen molar-refractivity contribution in [2.24, 2.45) is 0 Å². The van der Waals surface area contributed by atoms with Gasteiger partial charge in [-0.2, -0.15) is 0 Å². The van der Waals surface area contributed by atoms with Gasteiger partial charge in [0.2, 0.25) is 5.91 Å². The lowest BCUT2D eigenvalue weighted by atomic mass is 10.1. The van der Waals surface area contributed by atoms with Crippen LogP contribution in [0.5, 0.6) is 11.5 Å². The number of carboxylic acid groups (broad SMARTS) is 1. The Bertz CT molecular complexity index is 823. The monoisotopic (exact) mass is 383 g/mol. The fourth-order valence-electron chi connectivity index (χ4n) is 2.34. The minimum Gasteiger partial charge on any atom is -0.497 e. The first-order chi connectivity index (χ1) is 13.3. The number of aliphatic carboxylic acids is 1. The zero-order valence-electron chi connectivity index (χ0n) is 16.3. The van der Waals surface area contributed by atoms with E-state index in [2.05, 4.69) is 5.32 Å². The fraction of sp³-hybridized carbons (Fsp3) is 0.273. The Balaban J connectivity index is 1.78. The van der Waals surface area contributed by atoms with E-state index in [1.807, 2.05) is 36.4 Å². The molecule has 2 rings (SSSR count). The number of carboxylic acids is 1. The zero-order chi connectivity index (χ0) is 20.6. The Morgan fingerprint density at radius 3 is 2.21 bits per heavy atom. The summed E-state index contributed by atoms with van der Waals surface area (Å²) in [7, 11) is 1.61. The third-order valence-electron chi connectivity index (χ3n) is 4.07. The molecule has 2 N–H and O–H groups in total. The van der Waals surface area contributed by atoms with Crippen molar-refractivity contribution in [1.29, 1.82) is 0 Å². The summed E-state index contributed by atoms with van der Waals surface area (Å²) in [5, 5.41) is 11.9. The van der Waals surface area contributed by atoms with E-state index in [1.54, 1.807) is 25.3 Å². The van der Waals surface area contributed by atoms with Crippen LogP contribution >= 0.6 is 0 Å². The molecule has 0 saturated carbocycles. The normalized spacial score (nSPS) is 11.2. The lowest BCUT2D eigenvalue weighted by Crippen LogP contribution is -2.37. The van der Waals surface area contributed by atoms with Crippen molar-refractivity contribution in [2.75, 3.05) is 13.7 Å². The molecule has 148 valence electrons. The van der Waals surface area contributed by atoms with Crippen LogP contribution in [0.1, 0.15) is 25.0 Å². The number of carbonyl (C=O) groups is 2. The van der Waals surface area contributed by atoms with Gasteiger partial charge < -0.3 is 19.9 Å². The molecule has 0 spiro atoms. The number of ether oxygens (including phenoxy) is 2. The number of hydrogen-bond donors (Lipinski definition) is 2. The van der Waals surface area contributed by atoms with Crippen LogP contribution in [0.4, 0.5) is 0 Å². The van der Waals surface area contributed by atoms with Crippen LogP contribution in [-0.2, 0) is 16.0 Å². The minimum absolute atomic E-state index is 0.168. The third-order valence-corrected chi connectivity index (χ3v) is 4.07. The van der Waals surface area contributed by atoms with Crippen molar-refractivity contribution < 1.29 is 24.2 Å². The van der Waals surface area contributed by atoms with Crippen LogP contribution in [0.2, 0.25) is 0 Å². The standard InChI is InChI=1S/C22H25NO5/c1-22(2,21(25)26)28-19-11-6-17(7-12-19)14-15-23-20(24)13-8-16-4-9-18(27-3)10-5-16/h4-13H,14-15H2,1-3H3,(H,23,24)(H,25,26)/b13-8+. The van der Waals surface area contributed by atoms with Crippen LogP contribution in [0, 0.1) is 0 Å². The Morgan fingerprint density at radius 2 is 1.64 bits per heavy atom. The van der Waals surface area contributed by atoms with Crippen LogP contribution in [0.3, 0.4) is 0 Å². The largest absolute Gasteiger partial charge is 0.497 e. The predicted octanol–water partition coefficient (Wildman–Crippen LogP) is 3.31. The maximum atomic E-state index is 11.9. The first-order valence-corrected chi connectivity index (χ1v) is 8.91. The van der Waals surface area contributed by atoms with E-state index in [1.165, 1.54) is 19.9 Å². The van der Waals surface area contributed by atoms with Crippen molar-refractivity contribution in [1.82, 2.24) is 5.32 Å². The molecule has 0 aliphatic rings. The van der Waals surface area contributed by atoms with Gasteiger partial charge in [0.15, 0.2) is 5.60 Å². The summed E-state index contributed by atoms with van der Waals surface area (Å²) < 4.78 is 10.6. The molecule has 0 aliphatic carbocycles. The molecule has 0 radical (unpaired) electrons. The maximum Gasteiger partial charge on any atom is 0.347 e. The van der Waals surface area contributed by atoms with E-state index in [0.29, 0.717) is 18.7 Å². The summed E-state index contributed by atoms with van der Waals surface area (Å²) in [4.78, 5) is 23.0. The number of carbonyl (C=O) groups excluding carboxylic acids is 1. The highest BCUT2D eigenvalue weighted by Crippen LogP contribution is 2.19. The summed E-state index contributed by atoms with van der Waals surface area (Å²) in [6, 6.07) is 14.6. The van der Waals surface area contributed by atoms with Crippen molar-refractivity contribution in [3.63, 3.8) is 0 Å². The van der Waals surface area contributed by atoms with E-state index in [-0.39, 0.29) is 5.91 Å². The highest BCUT2D eigenvalue weighted by atomic mass is 16.5. The molecule has 6 heteroatoms. The molecule has 6 nitrogen and oxygen atoms in total. The van der Waals surface area contributed by atoms with E-state index in [0.717, 1.165) is 16.9 Å². The zero-order valence-corrected chi connectivity index (χ0v) is 16.3. The van der Waals surface area contributed by atoms with E-state index in [9.17, 15) is 9.59 Å². The molecule has 2 aromatic carbocycles. The molecule has 0 unspecified atom stereocenters. The maximum absolute atomic E-state index is 11.9. The first-order valence-electron chi connectivity index (χ1n) is 8.91. The lowest BCUT2D eigenvalue weighted by Gasteiger charge is -2.21. The second-order valence-corrected chi connectivity index (χ2v) is 6.71. The fourth-order valence-corrected chi connectivity index (χ4v) is 2.34. The van der Waals surface area contributed by atoms with E-state index >= 15 is 0 Å². The Hall–Kier alpha value is -3.28. The third kappa shape index (κ3) is 6.46. The second kappa shape index (κ2) is 9.60. The number of methoxy groups -OCH3 is 1. The highest BCUT2D eigenvalue weighted by Gasteiger charge is 2.29. The predicted molar refractivity (Wildman–Crippen MR) is 108 cm³/mol. The van der Waals surface area contributed by atoms with Crippen molar-refractivity contribution in [3.8, 4) is 11.5 Å². The molecule has 0 aliphatic heterocycles. The molecule has 0 saturated heterocycles. The van der Waals surface area contributed by atoms with E-state index < -0.39 is 11.6 Å². The molecule has 2 aromatic rings. The second-order valence-electron chi connectivity index (χ2n) is 6.71.